The van der Waals surface area contributed by atoms with E-state index in [1.165, 1.54) is 29.5 Å². The van der Waals surface area contributed by atoms with Crippen molar-refractivity contribution >= 4 is 34.3 Å². The summed E-state index contributed by atoms with van der Waals surface area (Å²) >= 11 is 3.75. The van der Waals surface area contributed by atoms with Crippen LogP contribution in [0.5, 0.6) is 0 Å². The number of rotatable bonds is 7. The van der Waals surface area contributed by atoms with E-state index in [-0.39, 0.29) is 0 Å². The van der Waals surface area contributed by atoms with Crippen LogP contribution in [0.25, 0.3) is 0 Å². The first kappa shape index (κ1) is 13.1. The van der Waals surface area contributed by atoms with Crippen molar-refractivity contribution in [3.63, 3.8) is 0 Å². The van der Waals surface area contributed by atoms with E-state index in [0.29, 0.717) is 6.04 Å². The zero-order valence-corrected chi connectivity index (χ0v) is 11.8. The summed E-state index contributed by atoms with van der Waals surface area (Å²) in [5, 5.41) is 0.859. The normalized spacial score (nSPS) is 16.0. The van der Waals surface area contributed by atoms with Crippen molar-refractivity contribution < 1.29 is 0 Å². The first-order chi connectivity index (χ1) is 5.66. The third-order valence-electron chi connectivity index (χ3n) is 1.89. The molecule has 0 spiro atoms. The van der Waals surface area contributed by atoms with Gasteiger partial charge in [-0.05, 0) is 0 Å². The van der Waals surface area contributed by atoms with Gasteiger partial charge in [-0.3, -0.25) is 0 Å². The van der Waals surface area contributed by atoms with E-state index in [2.05, 4.69) is 25.6 Å². The number of hydrogen-bond acceptors (Lipinski definition) is 2. The molecule has 0 aliphatic heterocycles. The summed E-state index contributed by atoms with van der Waals surface area (Å²) in [6.45, 7) is 4.43. The molecular weight excluding hydrogens is 273 g/mol. The van der Waals surface area contributed by atoms with Crippen molar-refractivity contribution in [1.82, 2.24) is 0 Å². The number of nitrogens with two attached hydrogens (primary N) is 1. The van der Waals surface area contributed by atoms with Crippen LogP contribution < -0.4 is 5.73 Å². The first-order valence-electron chi connectivity index (χ1n) is 4.68. The Morgan fingerprint density at radius 3 is 2.33 bits per heavy atom. The molecule has 0 aromatic rings. The predicted molar refractivity (Wildman–Crippen MR) is 59.8 cm³/mol. The zero-order valence-electron chi connectivity index (χ0n) is 8.18. The average Bonchev–Trinajstić information content (AvgIpc) is 1.98. The summed E-state index contributed by atoms with van der Waals surface area (Å²) in [7, 11) is 0. The van der Waals surface area contributed by atoms with E-state index in [9.17, 15) is 0 Å². The Kier molecular flexibility index (Phi) is 9.50. The Morgan fingerprint density at radius 1 is 1.25 bits per heavy atom. The number of unbranched alkanes of at least 4 members (excludes halogenated alkanes) is 1. The Bertz CT molecular complexity index is 98.5. The average molecular weight is 293 g/mol. The Morgan fingerprint density at radius 2 is 1.83 bits per heavy atom. The molecule has 2 N–H and O–H groups in total. The maximum absolute atomic E-state index is 5.67. The van der Waals surface area contributed by atoms with Crippen molar-refractivity contribution in [2.24, 2.45) is 5.73 Å². The van der Waals surface area contributed by atoms with Crippen molar-refractivity contribution in [3.8, 4) is 0 Å². The summed E-state index contributed by atoms with van der Waals surface area (Å²) in [5.74, 6) is 0. The maximum atomic E-state index is 5.67. The van der Waals surface area contributed by atoms with Crippen LogP contribution in [0, 0.1) is 0 Å². The molecule has 0 saturated carbocycles. The fraction of sp³-hybridized carbons (Fsp3) is 1.00. The summed E-state index contributed by atoms with van der Waals surface area (Å²) in [4.78, 5) is 0. The predicted octanol–water partition coefficient (Wildman–Crippen LogP) is 2.14. The molecule has 0 amide bonds. The fourth-order valence-corrected chi connectivity index (χ4v) is 4.18. The van der Waals surface area contributed by atoms with Gasteiger partial charge in [0.05, 0.1) is 0 Å². The third kappa shape index (κ3) is 9.20. The molecule has 0 fully saturated rings. The molecule has 0 aliphatic carbocycles. The van der Waals surface area contributed by atoms with Crippen LogP contribution in [0.2, 0.25) is 0 Å². The summed E-state index contributed by atoms with van der Waals surface area (Å²) in [6, 6.07) is 0.393. The van der Waals surface area contributed by atoms with Gasteiger partial charge in [0.15, 0.2) is 0 Å². The molecule has 0 aliphatic rings. The molecule has 3 heteroatoms. The van der Waals surface area contributed by atoms with Crippen LogP contribution in [-0.4, -0.2) is 37.6 Å². The van der Waals surface area contributed by atoms with Gasteiger partial charge in [0.1, 0.15) is 0 Å². The molecule has 0 saturated heterocycles. The van der Waals surface area contributed by atoms with Gasteiger partial charge in [-0.1, -0.05) is 0 Å². The molecule has 0 bridgehead atoms. The second-order valence-corrected chi connectivity index (χ2v) is 7.28. The van der Waals surface area contributed by atoms with Gasteiger partial charge in [-0.25, -0.2) is 0 Å². The van der Waals surface area contributed by atoms with Crippen LogP contribution in [0.1, 0.15) is 39.5 Å². The van der Waals surface area contributed by atoms with Gasteiger partial charge >= 0.3 is 94.6 Å². The zero-order chi connectivity index (χ0) is 9.40. The molecular formula is C9H20NSSn. The fourth-order valence-electron chi connectivity index (χ4n) is 1.12. The van der Waals surface area contributed by atoms with Gasteiger partial charge in [-0.2, -0.15) is 0 Å². The minimum absolute atomic E-state index is 0.393. The van der Waals surface area contributed by atoms with Gasteiger partial charge < -0.3 is 0 Å². The topological polar surface area (TPSA) is 26.0 Å². The molecule has 0 aromatic carbocycles. The molecule has 2 unspecified atom stereocenters. The van der Waals surface area contributed by atoms with Crippen molar-refractivity contribution in [3.05, 3.63) is 0 Å². The molecule has 71 valence electrons. The standard InChI is InChI=1S/C9H20NS.Sn/c1-8(10)6-4-5-7-9(2)11-3;/h8-9H,3-7,10H2,1-2H3;. The number of thioether (sulfide) groups is 1. The molecule has 0 heterocycles. The van der Waals surface area contributed by atoms with Crippen molar-refractivity contribution in [1.29, 1.82) is 0 Å². The van der Waals surface area contributed by atoms with E-state index in [4.69, 9.17) is 5.73 Å². The quantitative estimate of drug-likeness (QED) is 0.575. The summed E-state index contributed by atoms with van der Waals surface area (Å²) in [5.41, 5.74) is 5.67. The van der Waals surface area contributed by atoms with Gasteiger partial charge in [0.2, 0.25) is 0 Å². The van der Waals surface area contributed by atoms with Crippen LogP contribution in [0.4, 0.5) is 0 Å². The van der Waals surface area contributed by atoms with Crippen LogP contribution in [-0.2, 0) is 0 Å². The summed E-state index contributed by atoms with van der Waals surface area (Å²) < 4.78 is 1.33. The molecule has 0 aromatic heterocycles. The van der Waals surface area contributed by atoms with E-state index in [1.807, 2.05) is 0 Å². The van der Waals surface area contributed by atoms with E-state index >= 15 is 0 Å². The van der Waals surface area contributed by atoms with Crippen molar-refractivity contribution in [2.45, 2.75) is 50.8 Å². The van der Waals surface area contributed by atoms with Gasteiger partial charge in [0.25, 0.3) is 0 Å². The molecule has 12 heavy (non-hydrogen) atoms. The molecule has 1 nitrogen and oxygen atoms in total. The molecule has 2 atom stereocenters. The van der Waals surface area contributed by atoms with E-state index in [1.54, 1.807) is 22.5 Å². The molecule has 0 rings (SSSR count). The first-order valence-corrected chi connectivity index (χ1v) is 7.75. The van der Waals surface area contributed by atoms with Crippen LogP contribution in [0.3, 0.4) is 0 Å². The Labute approximate surface area is 94.3 Å². The molecule has 3 radical (unpaired) electrons. The van der Waals surface area contributed by atoms with Gasteiger partial charge in [-0.15, -0.1) is 0 Å². The second-order valence-electron chi connectivity index (χ2n) is 3.38. The van der Waals surface area contributed by atoms with E-state index in [0.717, 1.165) is 5.25 Å². The van der Waals surface area contributed by atoms with Crippen LogP contribution in [0.15, 0.2) is 0 Å². The third-order valence-corrected chi connectivity index (χ3v) is 4.29. The van der Waals surface area contributed by atoms with Crippen LogP contribution >= 0.6 is 11.8 Å². The second kappa shape index (κ2) is 8.70. The Hall–Kier alpha value is 1.11. The van der Waals surface area contributed by atoms with Crippen molar-refractivity contribution in [2.75, 3.05) is 3.77 Å². The number of hydrogen-bond donors (Lipinski definition) is 1. The Balaban J connectivity index is 3.08. The SMILES string of the molecule is CC(N)CCCCC(C)S[CH2][Sn]. The summed E-state index contributed by atoms with van der Waals surface area (Å²) in [6.07, 6.45) is 5.21. The minimum atomic E-state index is 0.393. The monoisotopic (exact) mass is 294 g/mol. The van der Waals surface area contributed by atoms with E-state index < -0.39 is 0 Å². The van der Waals surface area contributed by atoms with Gasteiger partial charge in [0, 0.05) is 0 Å².